The summed E-state index contributed by atoms with van der Waals surface area (Å²) < 4.78 is 10.6. The number of hydrogen-bond acceptors (Lipinski definition) is 6. The highest BCUT2D eigenvalue weighted by Gasteiger charge is 2.18. The van der Waals surface area contributed by atoms with Gasteiger partial charge in [-0.1, -0.05) is 30.3 Å². The Labute approximate surface area is 230 Å². The summed E-state index contributed by atoms with van der Waals surface area (Å²) in [7, 11) is 1.55. The number of thioether (sulfide) groups is 1. The van der Waals surface area contributed by atoms with Crippen molar-refractivity contribution in [3.05, 3.63) is 114 Å². The van der Waals surface area contributed by atoms with Gasteiger partial charge in [0.25, 0.3) is 11.8 Å². The molecule has 4 aromatic rings. The first-order valence-corrected chi connectivity index (χ1v) is 12.9. The molecule has 0 saturated carbocycles. The summed E-state index contributed by atoms with van der Waals surface area (Å²) in [6.45, 7) is 1.81. The van der Waals surface area contributed by atoms with Gasteiger partial charge in [0.05, 0.1) is 24.3 Å². The fourth-order valence-corrected chi connectivity index (χ4v) is 4.38. The van der Waals surface area contributed by atoms with E-state index in [1.807, 2.05) is 31.2 Å². The van der Waals surface area contributed by atoms with Crippen molar-refractivity contribution in [1.29, 1.82) is 0 Å². The van der Waals surface area contributed by atoms with Gasteiger partial charge in [0.2, 0.25) is 5.91 Å². The number of carbonyl (C=O) groups excluding carboxylic acids is 3. The molecule has 0 aliphatic heterocycles. The quantitative estimate of drug-likeness (QED) is 0.173. The van der Waals surface area contributed by atoms with Crippen LogP contribution in [0.25, 0.3) is 6.08 Å². The van der Waals surface area contributed by atoms with Crippen LogP contribution in [0, 0.1) is 0 Å². The molecule has 0 saturated heterocycles. The van der Waals surface area contributed by atoms with Crippen LogP contribution >= 0.6 is 11.8 Å². The van der Waals surface area contributed by atoms with Crippen molar-refractivity contribution in [1.82, 2.24) is 5.32 Å². The van der Waals surface area contributed by atoms with Crippen molar-refractivity contribution < 1.29 is 23.5 Å². The number of nitrogens with one attached hydrogen (secondary N) is 3. The monoisotopic (exact) mass is 541 g/mol. The Balaban J connectivity index is 1.39. The van der Waals surface area contributed by atoms with Crippen LogP contribution in [0.3, 0.4) is 0 Å². The summed E-state index contributed by atoms with van der Waals surface area (Å²) >= 11 is 1.38. The normalized spacial score (nSPS) is 11.8. The Morgan fingerprint density at radius 2 is 1.59 bits per heavy atom. The molecule has 0 aliphatic carbocycles. The number of furan rings is 1. The second-order valence-electron chi connectivity index (χ2n) is 8.32. The van der Waals surface area contributed by atoms with Crippen molar-refractivity contribution in [3.63, 3.8) is 0 Å². The number of para-hydroxylation sites is 2. The van der Waals surface area contributed by atoms with E-state index in [9.17, 15) is 14.4 Å². The largest absolute Gasteiger partial charge is 0.495 e. The average Bonchev–Trinajstić information content (AvgIpc) is 3.47. The van der Waals surface area contributed by atoms with E-state index in [4.69, 9.17) is 9.15 Å². The number of carbonyl (C=O) groups is 3. The van der Waals surface area contributed by atoms with Crippen molar-refractivity contribution in [2.24, 2.45) is 0 Å². The molecule has 0 spiro atoms. The van der Waals surface area contributed by atoms with Crippen molar-refractivity contribution in [2.75, 3.05) is 17.7 Å². The lowest BCUT2D eigenvalue weighted by Crippen LogP contribution is -2.30. The standard InChI is InChI=1S/C30H27N3O5S/c1-20(28(34)32-25-12-6-7-13-27(25)37-2)39-24-16-14-22(15-17-24)31-30(36)26(19-23-11-8-18-38-23)33-29(35)21-9-4-3-5-10-21/h3-20H,1-2H3,(H,31,36)(H,32,34)(H,33,35)/b26-19-. The second-order valence-corrected chi connectivity index (χ2v) is 9.74. The molecule has 0 bridgehead atoms. The molecule has 3 amide bonds. The molecule has 9 heteroatoms. The van der Waals surface area contributed by atoms with E-state index in [1.165, 1.54) is 24.1 Å². The van der Waals surface area contributed by atoms with Crippen LogP contribution < -0.4 is 20.7 Å². The Morgan fingerprint density at radius 3 is 2.28 bits per heavy atom. The molecule has 4 rings (SSSR count). The van der Waals surface area contributed by atoms with Gasteiger partial charge in [0.1, 0.15) is 17.2 Å². The van der Waals surface area contributed by atoms with E-state index in [0.29, 0.717) is 28.4 Å². The summed E-state index contributed by atoms with van der Waals surface area (Å²) in [5.74, 6) is -0.0933. The molecule has 39 heavy (non-hydrogen) atoms. The molecule has 198 valence electrons. The highest BCUT2D eigenvalue weighted by molar-refractivity contribution is 8.00. The van der Waals surface area contributed by atoms with Gasteiger partial charge in [0, 0.05) is 22.2 Å². The van der Waals surface area contributed by atoms with Crippen LogP contribution in [0.1, 0.15) is 23.0 Å². The third-order valence-electron chi connectivity index (χ3n) is 5.52. The molecule has 1 unspecified atom stereocenters. The van der Waals surface area contributed by atoms with E-state index in [1.54, 1.807) is 73.8 Å². The zero-order valence-corrected chi connectivity index (χ0v) is 22.2. The molecule has 8 nitrogen and oxygen atoms in total. The Morgan fingerprint density at radius 1 is 0.872 bits per heavy atom. The minimum Gasteiger partial charge on any atom is -0.495 e. The van der Waals surface area contributed by atoms with Gasteiger partial charge in [-0.3, -0.25) is 14.4 Å². The predicted octanol–water partition coefficient (Wildman–Crippen LogP) is 5.82. The maximum atomic E-state index is 13.1. The second kappa shape index (κ2) is 13.2. The average molecular weight is 542 g/mol. The number of benzene rings is 3. The van der Waals surface area contributed by atoms with Gasteiger partial charge < -0.3 is 25.1 Å². The minimum absolute atomic E-state index is 0.0267. The highest BCUT2D eigenvalue weighted by Crippen LogP contribution is 2.28. The van der Waals surface area contributed by atoms with Gasteiger partial charge in [0.15, 0.2) is 0 Å². The van der Waals surface area contributed by atoms with Crippen LogP contribution in [0.5, 0.6) is 5.75 Å². The van der Waals surface area contributed by atoms with Gasteiger partial charge in [-0.25, -0.2) is 0 Å². The van der Waals surface area contributed by atoms with Crippen LogP contribution in [0.4, 0.5) is 11.4 Å². The number of ether oxygens (including phenoxy) is 1. The van der Waals surface area contributed by atoms with Gasteiger partial charge in [-0.2, -0.15) is 0 Å². The Bertz CT molecular complexity index is 1450. The molecule has 3 N–H and O–H groups in total. The first-order valence-electron chi connectivity index (χ1n) is 12.1. The van der Waals surface area contributed by atoms with Crippen molar-refractivity contribution in [2.45, 2.75) is 17.1 Å². The SMILES string of the molecule is COc1ccccc1NC(=O)C(C)Sc1ccc(NC(=O)/C(=C/c2ccco2)NC(=O)c2ccccc2)cc1. The first-order chi connectivity index (χ1) is 18.9. The van der Waals surface area contributed by atoms with E-state index in [-0.39, 0.29) is 16.9 Å². The molecule has 1 heterocycles. The maximum Gasteiger partial charge on any atom is 0.272 e. The van der Waals surface area contributed by atoms with Crippen LogP contribution in [-0.2, 0) is 9.59 Å². The van der Waals surface area contributed by atoms with Gasteiger partial charge in [-0.05, 0) is 67.6 Å². The Kier molecular flexibility index (Phi) is 9.20. The highest BCUT2D eigenvalue weighted by atomic mass is 32.2. The zero-order chi connectivity index (χ0) is 27.6. The van der Waals surface area contributed by atoms with E-state index >= 15 is 0 Å². The molecular weight excluding hydrogens is 514 g/mol. The molecule has 0 aliphatic rings. The molecule has 0 radical (unpaired) electrons. The third kappa shape index (κ3) is 7.62. The Hall–Kier alpha value is -4.76. The molecule has 0 fully saturated rings. The lowest BCUT2D eigenvalue weighted by atomic mass is 10.2. The minimum atomic E-state index is -0.513. The van der Waals surface area contributed by atoms with Gasteiger partial charge >= 0.3 is 0 Å². The van der Waals surface area contributed by atoms with Crippen LogP contribution in [-0.4, -0.2) is 30.1 Å². The molecule has 3 aromatic carbocycles. The van der Waals surface area contributed by atoms with E-state index in [0.717, 1.165) is 4.90 Å². The van der Waals surface area contributed by atoms with Crippen molar-refractivity contribution >= 4 is 46.9 Å². The predicted molar refractivity (Wildman–Crippen MR) is 153 cm³/mol. The van der Waals surface area contributed by atoms with E-state index in [2.05, 4.69) is 16.0 Å². The number of methoxy groups -OCH3 is 1. The van der Waals surface area contributed by atoms with E-state index < -0.39 is 11.8 Å². The summed E-state index contributed by atoms with van der Waals surface area (Å²) in [5.41, 5.74) is 1.57. The topological polar surface area (TPSA) is 110 Å². The number of hydrogen-bond donors (Lipinski definition) is 3. The number of amides is 3. The lowest BCUT2D eigenvalue weighted by molar-refractivity contribution is -0.115. The molecule has 1 atom stereocenters. The zero-order valence-electron chi connectivity index (χ0n) is 21.3. The summed E-state index contributed by atoms with van der Waals surface area (Å²) in [5, 5.41) is 7.96. The number of rotatable bonds is 10. The summed E-state index contributed by atoms with van der Waals surface area (Å²) in [6, 6.07) is 26.3. The fraction of sp³-hybridized carbons (Fsp3) is 0.100. The van der Waals surface area contributed by atoms with Gasteiger partial charge in [-0.15, -0.1) is 11.8 Å². The van der Waals surface area contributed by atoms with Crippen LogP contribution in [0.15, 0.2) is 112 Å². The maximum absolute atomic E-state index is 13.1. The summed E-state index contributed by atoms with van der Waals surface area (Å²) in [4.78, 5) is 39.3. The van der Waals surface area contributed by atoms with Crippen molar-refractivity contribution in [3.8, 4) is 5.75 Å². The number of anilines is 2. The van der Waals surface area contributed by atoms with Crippen LogP contribution in [0.2, 0.25) is 0 Å². The first kappa shape index (κ1) is 27.3. The fourth-order valence-electron chi connectivity index (χ4n) is 3.51. The summed E-state index contributed by atoms with van der Waals surface area (Å²) in [6.07, 6.45) is 2.94. The molecular formula is C30H27N3O5S. The molecule has 1 aromatic heterocycles. The third-order valence-corrected chi connectivity index (χ3v) is 6.63. The smallest absolute Gasteiger partial charge is 0.272 e. The lowest BCUT2D eigenvalue weighted by Gasteiger charge is -2.14.